The van der Waals surface area contributed by atoms with Crippen molar-refractivity contribution in [2.75, 3.05) is 13.2 Å². The molecule has 0 aromatic heterocycles. The van der Waals surface area contributed by atoms with Crippen molar-refractivity contribution in [2.45, 2.75) is 71.0 Å². The van der Waals surface area contributed by atoms with Gasteiger partial charge in [-0.05, 0) is 38.5 Å². The van der Waals surface area contributed by atoms with Crippen molar-refractivity contribution < 1.29 is 43.0 Å². The molecule has 10 heteroatoms. The summed E-state index contributed by atoms with van der Waals surface area (Å²) < 4.78 is 24.9. The zero-order chi connectivity index (χ0) is 27.8. The number of aliphatic hydroxyl groups is 1. The van der Waals surface area contributed by atoms with Gasteiger partial charge >= 0.3 is 19.8 Å². The predicted octanol–water partition coefficient (Wildman–Crippen LogP) is 5.02. The molecule has 9 nitrogen and oxygen atoms in total. The Morgan fingerprint density at radius 2 is 1.49 bits per heavy atom. The number of phosphoric ester groups is 1. The highest BCUT2D eigenvalue weighted by Gasteiger charge is 2.21. The average Bonchev–Trinajstić information content (AvgIpc) is 2.82. The number of hydrogen-bond acceptors (Lipinski definition) is 7. The van der Waals surface area contributed by atoms with Crippen molar-refractivity contribution in [2.24, 2.45) is 0 Å². The molecule has 3 N–H and O–H groups in total. The number of rotatable bonds is 20. The van der Waals surface area contributed by atoms with Crippen molar-refractivity contribution in [1.82, 2.24) is 0 Å². The highest BCUT2D eigenvalue weighted by atomic mass is 31.2. The molecular weight excluding hydrogens is 499 g/mol. The highest BCUT2D eigenvalue weighted by Crippen LogP contribution is 2.35. The van der Waals surface area contributed by atoms with Crippen LogP contribution in [0.25, 0.3) is 0 Å². The van der Waals surface area contributed by atoms with Crippen LogP contribution in [0.4, 0.5) is 0 Å². The lowest BCUT2D eigenvalue weighted by atomic mass is 10.2. The molecule has 0 saturated heterocycles. The van der Waals surface area contributed by atoms with E-state index in [1.807, 2.05) is 54.7 Å². The molecule has 0 aromatic carbocycles. The van der Waals surface area contributed by atoms with Crippen LogP contribution in [-0.4, -0.2) is 52.3 Å². The van der Waals surface area contributed by atoms with Gasteiger partial charge in [0.25, 0.3) is 0 Å². The standard InChI is InChI=1S/C27H41O9P/c1-3-4-5-6-13-16-19-25(29)20-17-14-11-9-7-8-10-12-15-18-21-27(30)34-22-26(36-24(2)28)23-35-37(31,32)33/h4-5,7-8,11-17,20,25-26,29H,3,6,9-10,18-19,21-23H2,1-2H3,(H2,31,32,33)/b5-4-,8-7-,14-11-,15-12-,16-13-,20-17+/t25?,26-/m1/s1. The maximum Gasteiger partial charge on any atom is 0.469 e. The van der Waals surface area contributed by atoms with Crippen LogP contribution in [0.15, 0.2) is 72.9 Å². The van der Waals surface area contributed by atoms with E-state index in [0.717, 1.165) is 26.2 Å². The van der Waals surface area contributed by atoms with Crippen LogP contribution in [0, 0.1) is 0 Å². The molecule has 0 bridgehead atoms. The second kappa shape index (κ2) is 22.6. The Morgan fingerprint density at radius 3 is 2.14 bits per heavy atom. The Balaban J connectivity index is 4.00. The quantitative estimate of drug-likeness (QED) is 0.0840. The van der Waals surface area contributed by atoms with Crippen molar-refractivity contribution in [3.63, 3.8) is 0 Å². The topological polar surface area (TPSA) is 140 Å². The number of allylic oxidation sites excluding steroid dienone is 10. The molecule has 0 spiro atoms. The molecule has 0 aliphatic heterocycles. The lowest BCUT2D eigenvalue weighted by molar-refractivity contribution is -0.159. The van der Waals surface area contributed by atoms with Crippen LogP contribution in [0.3, 0.4) is 0 Å². The maximum absolute atomic E-state index is 11.8. The third-order valence-corrected chi connectivity index (χ3v) is 4.87. The maximum atomic E-state index is 11.8. The fourth-order valence-electron chi connectivity index (χ4n) is 2.66. The lowest BCUT2D eigenvalue weighted by Crippen LogP contribution is -2.28. The smallest absolute Gasteiger partial charge is 0.462 e. The molecule has 0 saturated carbocycles. The molecule has 0 rings (SSSR count). The van der Waals surface area contributed by atoms with E-state index in [2.05, 4.69) is 23.6 Å². The van der Waals surface area contributed by atoms with Gasteiger partial charge in [-0.1, -0.05) is 79.8 Å². The molecule has 2 atom stereocenters. The summed E-state index contributed by atoms with van der Waals surface area (Å²) in [5.74, 6) is -1.22. The van der Waals surface area contributed by atoms with Gasteiger partial charge in [-0.15, -0.1) is 0 Å². The lowest BCUT2D eigenvalue weighted by Gasteiger charge is -2.17. The van der Waals surface area contributed by atoms with Gasteiger partial charge in [-0.3, -0.25) is 14.1 Å². The second-order valence-corrected chi connectivity index (χ2v) is 9.10. The third kappa shape index (κ3) is 26.3. The van der Waals surface area contributed by atoms with Crippen LogP contribution in [0.2, 0.25) is 0 Å². The molecule has 0 aliphatic carbocycles. The van der Waals surface area contributed by atoms with Crippen LogP contribution < -0.4 is 0 Å². The summed E-state index contributed by atoms with van der Waals surface area (Å²) in [7, 11) is -4.73. The van der Waals surface area contributed by atoms with Gasteiger partial charge in [0.2, 0.25) is 0 Å². The zero-order valence-corrected chi connectivity index (χ0v) is 22.6. The first-order valence-electron chi connectivity index (χ1n) is 12.3. The number of esters is 2. The normalized spacial score (nSPS) is 14.6. The van der Waals surface area contributed by atoms with Gasteiger partial charge in [0.05, 0.1) is 12.7 Å². The molecular formula is C27H41O9P. The number of ether oxygens (including phenoxy) is 2. The van der Waals surface area contributed by atoms with Gasteiger partial charge in [0, 0.05) is 13.3 Å². The van der Waals surface area contributed by atoms with Crippen molar-refractivity contribution in [3.8, 4) is 0 Å². The molecule has 37 heavy (non-hydrogen) atoms. The van der Waals surface area contributed by atoms with Gasteiger partial charge < -0.3 is 24.4 Å². The van der Waals surface area contributed by atoms with Crippen LogP contribution >= 0.6 is 7.82 Å². The molecule has 0 fully saturated rings. The zero-order valence-electron chi connectivity index (χ0n) is 21.7. The van der Waals surface area contributed by atoms with Crippen molar-refractivity contribution >= 4 is 19.8 Å². The predicted molar refractivity (Wildman–Crippen MR) is 143 cm³/mol. The summed E-state index contributed by atoms with van der Waals surface area (Å²) in [6.07, 6.45) is 26.5. The Labute approximate surface area is 220 Å². The summed E-state index contributed by atoms with van der Waals surface area (Å²) in [6.45, 7) is 2.27. The van der Waals surface area contributed by atoms with E-state index in [1.165, 1.54) is 0 Å². The van der Waals surface area contributed by atoms with E-state index >= 15 is 0 Å². The van der Waals surface area contributed by atoms with E-state index < -0.39 is 38.6 Å². The largest absolute Gasteiger partial charge is 0.469 e. The third-order valence-electron chi connectivity index (χ3n) is 4.38. The number of aliphatic hydroxyl groups excluding tert-OH is 1. The van der Waals surface area contributed by atoms with E-state index in [1.54, 1.807) is 6.08 Å². The molecule has 0 amide bonds. The van der Waals surface area contributed by atoms with Crippen LogP contribution in [0.5, 0.6) is 0 Å². The number of carbonyl (C=O) groups excluding carboxylic acids is 2. The van der Waals surface area contributed by atoms with E-state index in [9.17, 15) is 19.3 Å². The Kier molecular flexibility index (Phi) is 21.1. The fraction of sp³-hybridized carbons (Fsp3) is 0.481. The van der Waals surface area contributed by atoms with Gasteiger partial charge in [-0.2, -0.15) is 0 Å². The van der Waals surface area contributed by atoms with Crippen LogP contribution in [-0.2, 0) is 28.2 Å². The Morgan fingerprint density at radius 1 is 0.865 bits per heavy atom. The van der Waals surface area contributed by atoms with Gasteiger partial charge in [-0.25, -0.2) is 4.57 Å². The molecule has 0 radical (unpaired) electrons. The Bertz CT molecular complexity index is 850. The fourth-order valence-corrected chi connectivity index (χ4v) is 3.02. The SMILES string of the molecule is CC/C=C\C/C=C\CC(O)/C=C/C=C\C/C=C\C/C=C\CCC(=O)OC[C@H](COP(=O)(O)O)OC(C)=O. The minimum atomic E-state index is -4.73. The molecule has 0 aromatic rings. The number of carbonyl (C=O) groups is 2. The van der Waals surface area contributed by atoms with Crippen LogP contribution in [0.1, 0.15) is 58.8 Å². The monoisotopic (exact) mass is 540 g/mol. The summed E-state index contributed by atoms with van der Waals surface area (Å²) in [5.41, 5.74) is 0. The minimum absolute atomic E-state index is 0.110. The van der Waals surface area contributed by atoms with E-state index in [-0.39, 0.29) is 13.0 Å². The van der Waals surface area contributed by atoms with Crippen molar-refractivity contribution in [3.05, 3.63) is 72.9 Å². The van der Waals surface area contributed by atoms with Crippen molar-refractivity contribution in [1.29, 1.82) is 0 Å². The number of phosphoric acid groups is 1. The molecule has 208 valence electrons. The first-order valence-corrected chi connectivity index (χ1v) is 13.8. The van der Waals surface area contributed by atoms with Gasteiger partial charge in [0.15, 0.2) is 6.10 Å². The van der Waals surface area contributed by atoms with E-state index in [0.29, 0.717) is 19.3 Å². The number of hydrogen-bond donors (Lipinski definition) is 3. The highest BCUT2D eigenvalue weighted by molar-refractivity contribution is 7.46. The summed E-state index contributed by atoms with van der Waals surface area (Å²) in [6, 6.07) is 0. The summed E-state index contributed by atoms with van der Waals surface area (Å²) >= 11 is 0. The Hall–Kier alpha value is -2.55. The minimum Gasteiger partial charge on any atom is -0.462 e. The molecule has 1 unspecified atom stereocenters. The molecule has 0 heterocycles. The molecule has 0 aliphatic rings. The van der Waals surface area contributed by atoms with Gasteiger partial charge in [0.1, 0.15) is 6.61 Å². The summed E-state index contributed by atoms with van der Waals surface area (Å²) in [4.78, 5) is 40.3. The average molecular weight is 541 g/mol. The first-order chi connectivity index (χ1) is 17.6. The first kappa shape index (κ1) is 34.5. The second-order valence-electron chi connectivity index (χ2n) is 7.86. The van der Waals surface area contributed by atoms with E-state index in [4.69, 9.17) is 19.3 Å². The summed E-state index contributed by atoms with van der Waals surface area (Å²) in [5, 5.41) is 9.87.